The van der Waals surface area contributed by atoms with E-state index in [2.05, 4.69) is 10.3 Å². The fourth-order valence-corrected chi connectivity index (χ4v) is 2.38. The van der Waals surface area contributed by atoms with E-state index in [0.717, 1.165) is 5.69 Å². The minimum absolute atomic E-state index is 0.293. The highest BCUT2D eigenvalue weighted by molar-refractivity contribution is 5.89. The maximum absolute atomic E-state index is 11.8. The zero-order valence-corrected chi connectivity index (χ0v) is 15.0. The summed E-state index contributed by atoms with van der Waals surface area (Å²) in [6.07, 6.45) is 1.48. The molecular formula is C20H19N3O4. The molecule has 0 radical (unpaired) electrons. The van der Waals surface area contributed by atoms with Gasteiger partial charge in [-0.1, -0.05) is 41.6 Å². The largest absolute Gasteiger partial charge is 0.439 e. The maximum atomic E-state index is 11.8. The molecule has 27 heavy (non-hydrogen) atoms. The van der Waals surface area contributed by atoms with E-state index in [4.69, 9.17) is 14.3 Å². The Morgan fingerprint density at radius 2 is 1.78 bits per heavy atom. The van der Waals surface area contributed by atoms with Gasteiger partial charge in [-0.2, -0.15) is 5.10 Å². The van der Waals surface area contributed by atoms with Crippen molar-refractivity contribution in [1.82, 2.24) is 9.78 Å². The van der Waals surface area contributed by atoms with Gasteiger partial charge in [0.25, 0.3) is 6.79 Å². The first kappa shape index (κ1) is 18.2. The van der Waals surface area contributed by atoms with Crippen molar-refractivity contribution in [3.63, 3.8) is 0 Å². The number of hydrogen-bond donors (Lipinski definition) is 0. The average molecular weight is 365 g/mol. The first-order valence-corrected chi connectivity index (χ1v) is 8.29. The molecule has 1 heterocycles. The fourth-order valence-electron chi connectivity index (χ4n) is 2.38. The Labute approximate surface area is 156 Å². The molecule has 3 aromatic rings. The average Bonchev–Trinajstić information content (AvgIpc) is 2.96. The van der Waals surface area contributed by atoms with Gasteiger partial charge in [-0.15, -0.1) is 0 Å². The molecule has 2 aromatic carbocycles. The van der Waals surface area contributed by atoms with Crippen LogP contribution in [-0.2, 0) is 16.6 Å². The monoisotopic (exact) mass is 365 g/mol. The van der Waals surface area contributed by atoms with Crippen molar-refractivity contribution in [3.05, 3.63) is 77.5 Å². The molecule has 0 saturated heterocycles. The fraction of sp³-hybridized carbons (Fsp3) is 0.150. The molecule has 3 rings (SSSR count). The summed E-state index contributed by atoms with van der Waals surface area (Å²) in [5, 5.41) is 8.18. The second-order valence-corrected chi connectivity index (χ2v) is 5.62. The van der Waals surface area contributed by atoms with Crippen molar-refractivity contribution >= 4 is 12.2 Å². The van der Waals surface area contributed by atoms with Gasteiger partial charge in [-0.05, 0) is 31.2 Å². The van der Waals surface area contributed by atoms with E-state index < -0.39 is 5.97 Å². The Balaban J connectivity index is 1.59. The van der Waals surface area contributed by atoms with Crippen LogP contribution in [0.25, 0.3) is 0 Å². The SMILES string of the molecule is Cc1nn(C)c(Oc2ccccc2)c1/C=N/OCOC(=O)c1ccccc1. The number of nitrogens with zero attached hydrogens (tertiary/aromatic N) is 3. The van der Waals surface area contributed by atoms with E-state index >= 15 is 0 Å². The molecule has 7 heteroatoms. The van der Waals surface area contributed by atoms with Gasteiger partial charge < -0.3 is 14.3 Å². The summed E-state index contributed by atoms with van der Waals surface area (Å²) in [7, 11) is 1.78. The van der Waals surface area contributed by atoms with Crippen LogP contribution in [0.5, 0.6) is 11.6 Å². The van der Waals surface area contributed by atoms with Crippen molar-refractivity contribution in [1.29, 1.82) is 0 Å². The van der Waals surface area contributed by atoms with Crippen LogP contribution >= 0.6 is 0 Å². The first-order chi connectivity index (χ1) is 13.1. The number of benzene rings is 2. The van der Waals surface area contributed by atoms with E-state index in [-0.39, 0.29) is 6.79 Å². The molecule has 0 unspecified atom stereocenters. The van der Waals surface area contributed by atoms with Gasteiger partial charge in [0, 0.05) is 7.05 Å². The van der Waals surface area contributed by atoms with Crippen molar-refractivity contribution < 1.29 is 19.1 Å². The molecule has 0 aliphatic rings. The number of carbonyl (C=O) groups is 1. The molecule has 138 valence electrons. The number of aryl methyl sites for hydroxylation is 2. The molecule has 0 saturated carbocycles. The Morgan fingerprint density at radius 1 is 1.11 bits per heavy atom. The number of carbonyl (C=O) groups excluding carboxylic acids is 1. The smallest absolute Gasteiger partial charge is 0.341 e. The second kappa shape index (κ2) is 8.66. The first-order valence-electron chi connectivity index (χ1n) is 8.29. The lowest BCUT2D eigenvalue weighted by Crippen LogP contribution is -2.07. The molecular weight excluding hydrogens is 346 g/mol. The number of ether oxygens (including phenoxy) is 2. The predicted molar refractivity (Wildman–Crippen MR) is 99.9 cm³/mol. The standard InChI is InChI=1S/C20H19N3O4/c1-15-18(19(23(2)22-15)27-17-11-7-4-8-12-17)13-21-26-14-25-20(24)16-9-5-3-6-10-16/h3-13H,14H2,1-2H3/b21-13+. The van der Waals surface area contributed by atoms with Crippen molar-refractivity contribution in [3.8, 4) is 11.6 Å². The van der Waals surface area contributed by atoms with Crippen molar-refractivity contribution in [2.24, 2.45) is 12.2 Å². The molecule has 0 amide bonds. The van der Waals surface area contributed by atoms with Crippen LogP contribution in [0.1, 0.15) is 21.6 Å². The zero-order valence-electron chi connectivity index (χ0n) is 15.0. The maximum Gasteiger partial charge on any atom is 0.341 e. The van der Waals surface area contributed by atoms with Gasteiger partial charge >= 0.3 is 5.97 Å². The Kier molecular flexibility index (Phi) is 5.84. The summed E-state index contributed by atoms with van der Waals surface area (Å²) >= 11 is 0. The van der Waals surface area contributed by atoms with Crippen LogP contribution in [0.2, 0.25) is 0 Å². The van der Waals surface area contributed by atoms with E-state index in [1.807, 2.05) is 43.3 Å². The molecule has 0 spiro atoms. The predicted octanol–water partition coefficient (Wildman–Crippen LogP) is 3.69. The summed E-state index contributed by atoms with van der Waals surface area (Å²) in [6, 6.07) is 18.1. The number of oxime groups is 1. The highest BCUT2D eigenvalue weighted by Crippen LogP contribution is 2.25. The second-order valence-electron chi connectivity index (χ2n) is 5.62. The van der Waals surface area contributed by atoms with Crippen molar-refractivity contribution in [2.45, 2.75) is 6.92 Å². The van der Waals surface area contributed by atoms with E-state index in [0.29, 0.717) is 22.8 Å². The topological polar surface area (TPSA) is 74.9 Å². The molecule has 1 aromatic heterocycles. The third-order valence-corrected chi connectivity index (χ3v) is 3.68. The molecule has 0 atom stereocenters. The van der Waals surface area contributed by atoms with Gasteiger partial charge in [0.15, 0.2) is 0 Å². The lowest BCUT2D eigenvalue weighted by Gasteiger charge is -2.06. The Morgan fingerprint density at radius 3 is 2.48 bits per heavy atom. The minimum atomic E-state index is -0.476. The van der Waals surface area contributed by atoms with Gasteiger partial charge in [-0.25, -0.2) is 9.48 Å². The van der Waals surface area contributed by atoms with Gasteiger partial charge in [0.1, 0.15) is 5.75 Å². The zero-order chi connectivity index (χ0) is 19.1. The summed E-state index contributed by atoms with van der Waals surface area (Å²) in [6.45, 7) is 1.55. The molecule has 0 bridgehead atoms. The van der Waals surface area contributed by atoms with E-state index in [9.17, 15) is 4.79 Å². The number of para-hydroxylation sites is 1. The number of aromatic nitrogens is 2. The van der Waals surface area contributed by atoms with Crippen LogP contribution in [0.3, 0.4) is 0 Å². The molecule has 0 aliphatic carbocycles. The highest BCUT2D eigenvalue weighted by atomic mass is 16.8. The van der Waals surface area contributed by atoms with Gasteiger partial charge in [0.05, 0.1) is 23.0 Å². The Hall–Kier alpha value is -3.61. The highest BCUT2D eigenvalue weighted by Gasteiger charge is 2.14. The third kappa shape index (κ3) is 4.72. The number of esters is 1. The Bertz CT molecular complexity index is 921. The lowest BCUT2D eigenvalue weighted by molar-refractivity contribution is -0.0293. The normalized spacial score (nSPS) is 10.7. The van der Waals surface area contributed by atoms with Crippen LogP contribution in [-0.4, -0.2) is 28.8 Å². The number of hydrogen-bond acceptors (Lipinski definition) is 6. The number of rotatable bonds is 7. The van der Waals surface area contributed by atoms with Crippen LogP contribution in [0, 0.1) is 6.92 Å². The van der Waals surface area contributed by atoms with Crippen LogP contribution in [0.15, 0.2) is 65.8 Å². The molecule has 0 aliphatic heterocycles. The van der Waals surface area contributed by atoms with Gasteiger partial charge in [0.2, 0.25) is 5.88 Å². The lowest BCUT2D eigenvalue weighted by atomic mass is 10.2. The molecule has 7 nitrogen and oxygen atoms in total. The summed E-state index contributed by atoms with van der Waals surface area (Å²) in [4.78, 5) is 16.8. The summed E-state index contributed by atoms with van der Waals surface area (Å²) < 4.78 is 12.5. The van der Waals surface area contributed by atoms with Crippen LogP contribution in [0.4, 0.5) is 0 Å². The molecule has 0 fully saturated rings. The summed E-state index contributed by atoms with van der Waals surface area (Å²) in [5.74, 6) is 0.747. The third-order valence-electron chi connectivity index (χ3n) is 3.68. The van der Waals surface area contributed by atoms with Crippen molar-refractivity contribution in [2.75, 3.05) is 6.79 Å². The molecule has 0 N–H and O–H groups in total. The minimum Gasteiger partial charge on any atom is -0.439 e. The van der Waals surface area contributed by atoms with Crippen LogP contribution < -0.4 is 4.74 Å². The van der Waals surface area contributed by atoms with E-state index in [1.165, 1.54) is 6.21 Å². The van der Waals surface area contributed by atoms with Gasteiger partial charge in [-0.3, -0.25) is 0 Å². The summed E-state index contributed by atoms with van der Waals surface area (Å²) in [5.41, 5.74) is 1.86. The quantitative estimate of drug-likeness (QED) is 0.210. The van der Waals surface area contributed by atoms with E-state index in [1.54, 1.807) is 36.0 Å².